The van der Waals surface area contributed by atoms with E-state index in [9.17, 15) is 5.11 Å². The van der Waals surface area contributed by atoms with Gasteiger partial charge in [0.1, 0.15) is 12.7 Å². The predicted molar refractivity (Wildman–Crippen MR) is 110 cm³/mol. The molecule has 7 heteroatoms. The van der Waals surface area contributed by atoms with Crippen molar-refractivity contribution in [1.29, 1.82) is 0 Å². The molecule has 6 nitrogen and oxygen atoms in total. The van der Waals surface area contributed by atoms with Crippen LogP contribution in [0.4, 0.5) is 0 Å². The second-order valence-corrected chi connectivity index (χ2v) is 9.95. The number of aromatic nitrogens is 3. The SMILES string of the molecule is O[C@@H]1C[C@H]2CN(Cc3cc(CN4CCCCC4)cs3)C[C@H]2C[C@H]1n1cncn1. The Morgan fingerprint density at radius 3 is 2.64 bits per heavy atom. The molecule has 0 amide bonds. The van der Waals surface area contributed by atoms with Crippen molar-refractivity contribution in [1.82, 2.24) is 24.6 Å². The van der Waals surface area contributed by atoms with Crippen molar-refractivity contribution < 1.29 is 5.11 Å². The lowest BCUT2D eigenvalue weighted by Crippen LogP contribution is -2.36. The van der Waals surface area contributed by atoms with Gasteiger partial charge < -0.3 is 5.11 Å². The Bertz CT molecular complexity index is 757. The van der Waals surface area contributed by atoms with Gasteiger partial charge in [-0.3, -0.25) is 9.80 Å². The molecule has 2 aromatic rings. The molecule has 1 saturated carbocycles. The van der Waals surface area contributed by atoms with Crippen LogP contribution in [0.15, 0.2) is 24.1 Å². The fourth-order valence-electron chi connectivity index (χ4n) is 5.49. The van der Waals surface area contributed by atoms with E-state index in [0.717, 1.165) is 39.0 Å². The molecule has 3 fully saturated rings. The highest BCUT2D eigenvalue weighted by atomic mass is 32.1. The Balaban J connectivity index is 1.17. The molecule has 2 aliphatic heterocycles. The lowest BCUT2D eigenvalue weighted by molar-refractivity contribution is 0.0304. The van der Waals surface area contributed by atoms with Crippen LogP contribution in [0.3, 0.4) is 0 Å². The van der Waals surface area contributed by atoms with E-state index in [-0.39, 0.29) is 12.1 Å². The van der Waals surface area contributed by atoms with Crippen LogP contribution >= 0.6 is 11.3 Å². The van der Waals surface area contributed by atoms with Gasteiger partial charge in [0.15, 0.2) is 0 Å². The number of likely N-dealkylation sites (tertiary alicyclic amines) is 2. The number of fused-ring (bicyclic) bond motifs is 1. The molecule has 0 radical (unpaired) electrons. The lowest BCUT2D eigenvalue weighted by atomic mass is 9.77. The molecule has 4 heterocycles. The first-order valence-corrected chi connectivity index (χ1v) is 11.7. The molecule has 1 aliphatic carbocycles. The Labute approximate surface area is 171 Å². The van der Waals surface area contributed by atoms with E-state index in [1.54, 1.807) is 12.7 Å². The summed E-state index contributed by atoms with van der Waals surface area (Å²) in [5.41, 5.74) is 1.49. The Morgan fingerprint density at radius 2 is 1.86 bits per heavy atom. The van der Waals surface area contributed by atoms with Crippen molar-refractivity contribution in [3.63, 3.8) is 0 Å². The van der Waals surface area contributed by atoms with Crippen LogP contribution in [0.5, 0.6) is 0 Å². The summed E-state index contributed by atoms with van der Waals surface area (Å²) in [5.74, 6) is 1.27. The van der Waals surface area contributed by atoms with Gasteiger partial charge in [-0.2, -0.15) is 5.10 Å². The van der Waals surface area contributed by atoms with Gasteiger partial charge in [-0.1, -0.05) is 6.42 Å². The zero-order valence-corrected chi connectivity index (χ0v) is 17.3. The quantitative estimate of drug-likeness (QED) is 0.835. The zero-order valence-electron chi connectivity index (χ0n) is 16.5. The molecule has 4 atom stereocenters. The third-order valence-corrected chi connectivity index (χ3v) is 7.87. The highest BCUT2D eigenvalue weighted by Crippen LogP contribution is 2.41. The summed E-state index contributed by atoms with van der Waals surface area (Å²) in [4.78, 5) is 10.7. The number of aliphatic hydroxyl groups is 1. The lowest BCUT2D eigenvalue weighted by Gasteiger charge is -2.35. The van der Waals surface area contributed by atoms with Crippen molar-refractivity contribution in [3.8, 4) is 0 Å². The number of nitrogens with zero attached hydrogens (tertiary/aromatic N) is 5. The first-order valence-electron chi connectivity index (χ1n) is 10.8. The minimum Gasteiger partial charge on any atom is -0.391 e. The monoisotopic (exact) mass is 401 g/mol. The van der Waals surface area contributed by atoms with Crippen LogP contribution in [-0.4, -0.2) is 62.0 Å². The van der Waals surface area contributed by atoms with Gasteiger partial charge in [0.25, 0.3) is 0 Å². The maximum Gasteiger partial charge on any atom is 0.137 e. The molecule has 3 aliphatic rings. The topological polar surface area (TPSA) is 57.4 Å². The average Bonchev–Trinajstić information content (AvgIpc) is 3.43. The van der Waals surface area contributed by atoms with Crippen LogP contribution in [-0.2, 0) is 13.1 Å². The standard InChI is InChI=1S/C21H31N5OS/c27-21-8-18-11-25(10-17(18)7-20(21)26-15-22-14-23-26)12-19-6-16(13-28-19)9-24-4-2-1-3-5-24/h6,13-15,17-18,20-21,27H,1-5,7-12H2/t17-,18+,20-,21-/m1/s1. The zero-order chi connectivity index (χ0) is 18.9. The first-order chi connectivity index (χ1) is 13.7. The smallest absolute Gasteiger partial charge is 0.137 e. The minimum atomic E-state index is -0.305. The largest absolute Gasteiger partial charge is 0.391 e. The molecule has 0 unspecified atom stereocenters. The van der Waals surface area contributed by atoms with Crippen molar-refractivity contribution in [2.75, 3.05) is 26.2 Å². The fraction of sp³-hybridized carbons (Fsp3) is 0.714. The van der Waals surface area contributed by atoms with Crippen molar-refractivity contribution in [2.24, 2.45) is 11.8 Å². The predicted octanol–water partition coefficient (Wildman–Crippen LogP) is 2.77. The highest BCUT2D eigenvalue weighted by Gasteiger charge is 2.42. The average molecular weight is 402 g/mol. The van der Waals surface area contributed by atoms with Crippen LogP contribution in [0.1, 0.15) is 48.6 Å². The summed E-state index contributed by atoms with van der Waals surface area (Å²) in [5, 5.41) is 17.2. The van der Waals surface area contributed by atoms with E-state index in [1.165, 1.54) is 42.8 Å². The van der Waals surface area contributed by atoms with Crippen LogP contribution in [0.25, 0.3) is 0 Å². The third kappa shape index (κ3) is 4.03. The molecule has 2 saturated heterocycles. The minimum absolute atomic E-state index is 0.0848. The second kappa shape index (κ2) is 8.22. The van der Waals surface area contributed by atoms with E-state index >= 15 is 0 Å². The summed E-state index contributed by atoms with van der Waals surface area (Å²) in [7, 11) is 0. The van der Waals surface area contributed by atoms with Crippen LogP contribution in [0.2, 0.25) is 0 Å². The van der Waals surface area contributed by atoms with Crippen molar-refractivity contribution in [2.45, 2.75) is 57.3 Å². The van der Waals surface area contributed by atoms with Crippen LogP contribution < -0.4 is 0 Å². The normalized spacial score (nSPS) is 31.9. The molecule has 1 N–H and O–H groups in total. The van der Waals surface area contributed by atoms with Crippen molar-refractivity contribution in [3.05, 3.63) is 34.5 Å². The van der Waals surface area contributed by atoms with Gasteiger partial charge in [0.05, 0.1) is 12.1 Å². The third-order valence-electron chi connectivity index (χ3n) is 6.90. The molecule has 5 rings (SSSR count). The molecule has 152 valence electrons. The van der Waals surface area contributed by atoms with E-state index < -0.39 is 0 Å². The number of hydrogen-bond acceptors (Lipinski definition) is 6. The highest BCUT2D eigenvalue weighted by molar-refractivity contribution is 7.10. The molecule has 28 heavy (non-hydrogen) atoms. The van der Waals surface area contributed by atoms with Gasteiger partial charge >= 0.3 is 0 Å². The number of piperidine rings is 1. The van der Waals surface area contributed by atoms with E-state index in [1.807, 2.05) is 16.0 Å². The number of rotatable bonds is 5. The Hall–Kier alpha value is -1.28. The fourth-order valence-corrected chi connectivity index (χ4v) is 6.42. The molecule has 2 aromatic heterocycles. The maximum absolute atomic E-state index is 10.6. The van der Waals surface area contributed by atoms with Gasteiger partial charge in [-0.25, -0.2) is 9.67 Å². The summed E-state index contributed by atoms with van der Waals surface area (Å²) in [6.45, 7) is 6.95. The maximum atomic E-state index is 10.6. The number of aliphatic hydroxyl groups excluding tert-OH is 1. The van der Waals surface area contributed by atoms with Gasteiger partial charge in [0.2, 0.25) is 0 Å². The Morgan fingerprint density at radius 1 is 1.04 bits per heavy atom. The summed E-state index contributed by atoms with van der Waals surface area (Å²) < 4.78 is 1.86. The second-order valence-electron chi connectivity index (χ2n) is 8.95. The Kier molecular flexibility index (Phi) is 5.50. The molecular formula is C21H31N5OS. The summed E-state index contributed by atoms with van der Waals surface area (Å²) in [6, 6.07) is 2.51. The number of hydrogen-bond donors (Lipinski definition) is 1. The molecule has 0 aromatic carbocycles. The van der Waals surface area contributed by atoms with Crippen LogP contribution in [0, 0.1) is 11.8 Å². The van der Waals surface area contributed by atoms with E-state index in [4.69, 9.17) is 0 Å². The molecular weight excluding hydrogens is 370 g/mol. The van der Waals surface area contributed by atoms with E-state index in [0.29, 0.717) is 11.8 Å². The van der Waals surface area contributed by atoms with Crippen molar-refractivity contribution >= 4 is 11.3 Å². The number of thiophene rings is 1. The van der Waals surface area contributed by atoms with E-state index in [2.05, 4.69) is 31.3 Å². The molecule has 0 bridgehead atoms. The van der Waals surface area contributed by atoms with Gasteiger partial charge in [-0.05, 0) is 67.6 Å². The molecule has 0 spiro atoms. The van der Waals surface area contributed by atoms with Gasteiger partial charge in [-0.15, -0.1) is 11.3 Å². The first kappa shape index (κ1) is 18.7. The summed E-state index contributed by atoms with van der Waals surface area (Å²) >= 11 is 1.92. The summed E-state index contributed by atoms with van der Waals surface area (Å²) in [6.07, 6.45) is 9.01. The van der Waals surface area contributed by atoms with Gasteiger partial charge in [0, 0.05) is 31.1 Å².